The number of hydrogen-bond donors (Lipinski definition) is 2. The largest absolute Gasteiger partial charge is 0.482 e. The first-order chi connectivity index (χ1) is 11.2. The van der Waals surface area contributed by atoms with Crippen LogP contribution in [0.1, 0.15) is 12.8 Å². The van der Waals surface area contributed by atoms with E-state index in [1.54, 1.807) is 0 Å². The van der Waals surface area contributed by atoms with Gasteiger partial charge in [0.25, 0.3) is 5.91 Å². The Morgan fingerprint density at radius 3 is 2.50 bits per heavy atom. The molecule has 3 N–H and O–H groups in total. The maximum absolute atomic E-state index is 12.8. The molecule has 0 spiro atoms. The van der Waals surface area contributed by atoms with Crippen molar-refractivity contribution in [2.75, 3.05) is 19.7 Å². The number of halogens is 1. The number of sulfonamides is 1. The minimum atomic E-state index is -3.93. The minimum Gasteiger partial charge on any atom is -0.482 e. The average Bonchev–Trinajstić information content (AvgIpc) is 2.53. The number of aliphatic carboxylic acids is 1. The zero-order valence-corrected chi connectivity index (χ0v) is 14.2. The van der Waals surface area contributed by atoms with E-state index in [9.17, 15) is 18.0 Å². The summed E-state index contributed by atoms with van der Waals surface area (Å²) in [7, 11) is -3.93. The third-order valence-electron chi connectivity index (χ3n) is 3.70. The standard InChI is InChI=1S/C14H17ClN2O6S/c15-10-1-2-11(23-8-13(16)18)12(7-10)24(21,22)17-5-3-9(4-6-17)14(19)20/h1-2,7,9H,3-6,8H2,(H2,16,18)(H,19,20). The van der Waals surface area contributed by atoms with Crippen LogP contribution in [0.2, 0.25) is 5.02 Å². The van der Waals surface area contributed by atoms with E-state index < -0.39 is 34.4 Å². The van der Waals surface area contributed by atoms with Gasteiger partial charge in [-0.15, -0.1) is 0 Å². The summed E-state index contributed by atoms with van der Waals surface area (Å²) in [4.78, 5) is 21.7. The molecule has 8 nitrogen and oxygen atoms in total. The predicted molar refractivity (Wildman–Crippen MR) is 85.3 cm³/mol. The second-order valence-corrected chi connectivity index (χ2v) is 7.71. The van der Waals surface area contributed by atoms with E-state index in [0.29, 0.717) is 0 Å². The van der Waals surface area contributed by atoms with Gasteiger partial charge in [0.2, 0.25) is 10.0 Å². The van der Waals surface area contributed by atoms with Crippen LogP contribution in [-0.4, -0.2) is 49.4 Å². The molecule has 0 radical (unpaired) electrons. The molecule has 24 heavy (non-hydrogen) atoms. The zero-order chi connectivity index (χ0) is 17.9. The van der Waals surface area contributed by atoms with E-state index in [4.69, 9.17) is 27.2 Å². The average molecular weight is 377 g/mol. The molecule has 0 bridgehead atoms. The van der Waals surface area contributed by atoms with Gasteiger partial charge in [-0.3, -0.25) is 9.59 Å². The first-order valence-electron chi connectivity index (χ1n) is 7.15. The smallest absolute Gasteiger partial charge is 0.306 e. The number of primary amides is 1. The van der Waals surface area contributed by atoms with Crippen molar-refractivity contribution in [1.29, 1.82) is 0 Å². The topological polar surface area (TPSA) is 127 Å². The molecule has 10 heteroatoms. The van der Waals surface area contributed by atoms with Gasteiger partial charge in [-0.05, 0) is 31.0 Å². The Kier molecular flexibility index (Phi) is 5.68. The Bertz CT molecular complexity index is 744. The number of hydrogen-bond acceptors (Lipinski definition) is 5. The first-order valence-corrected chi connectivity index (χ1v) is 8.97. The maximum atomic E-state index is 12.8. The fraction of sp³-hybridized carbons (Fsp3) is 0.429. The number of nitrogens with two attached hydrogens (primary N) is 1. The van der Waals surface area contributed by atoms with E-state index in [2.05, 4.69) is 0 Å². The molecule has 1 aromatic carbocycles. The highest BCUT2D eigenvalue weighted by Crippen LogP contribution is 2.32. The Morgan fingerprint density at radius 2 is 1.96 bits per heavy atom. The second-order valence-electron chi connectivity index (χ2n) is 5.36. The normalized spacial score (nSPS) is 16.7. The second kappa shape index (κ2) is 7.37. The van der Waals surface area contributed by atoms with Gasteiger partial charge in [0.1, 0.15) is 10.6 Å². The number of amides is 1. The highest BCUT2D eigenvalue weighted by atomic mass is 35.5. The fourth-order valence-electron chi connectivity index (χ4n) is 2.43. The minimum absolute atomic E-state index is 0.0291. The summed E-state index contributed by atoms with van der Waals surface area (Å²) >= 11 is 5.88. The molecule has 132 valence electrons. The van der Waals surface area contributed by atoms with Crippen LogP contribution < -0.4 is 10.5 Å². The van der Waals surface area contributed by atoms with Gasteiger partial charge >= 0.3 is 5.97 Å². The van der Waals surface area contributed by atoms with E-state index >= 15 is 0 Å². The van der Waals surface area contributed by atoms with Crippen LogP contribution in [0.25, 0.3) is 0 Å². The zero-order valence-electron chi connectivity index (χ0n) is 12.6. The monoisotopic (exact) mass is 376 g/mol. The third kappa shape index (κ3) is 4.16. The van der Waals surface area contributed by atoms with Crippen molar-refractivity contribution in [1.82, 2.24) is 4.31 Å². The van der Waals surface area contributed by atoms with Crippen LogP contribution >= 0.6 is 11.6 Å². The number of ether oxygens (including phenoxy) is 1. The predicted octanol–water partition coefficient (Wildman–Crippen LogP) is 0.689. The maximum Gasteiger partial charge on any atom is 0.306 e. The van der Waals surface area contributed by atoms with E-state index in [0.717, 1.165) is 0 Å². The van der Waals surface area contributed by atoms with E-state index in [1.165, 1.54) is 22.5 Å². The van der Waals surface area contributed by atoms with E-state index in [1.807, 2.05) is 0 Å². The molecule has 0 aliphatic carbocycles. The van der Waals surface area contributed by atoms with Crippen molar-refractivity contribution in [3.8, 4) is 5.75 Å². The van der Waals surface area contributed by atoms with Crippen molar-refractivity contribution < 1.29 is 27.9 Å². The summed E-state index contributed by atoms with van der Waals surface area (Å²) in [6.07, 6.45) is 0.458. The fourth-order valence-corrected chi connectivity index (χ4v) is 4.30. The summed E-state index contributed by atoms with van der Waals surface area (Å²) in [5, 5.41) is 9.19. The highest BCUT2D eigenvalue weighted by molar-refractivity contribution is 7.89. The SMILES string of the molecule is NC(=O)COc1ccc(Cl)cc1S(=O)(=O)N1CCC(C(=O)O)CC1. The van der Waals surface area contributed by atoms with Gasteiger partial charge < -0.3 is 15.6 Å². The summed E-state index contributed by atoms with van der Waals surface area (Å²) in [6, 6.07) is 4.02. The Hall–Kier alpha value is -1.84. The Morgan fingerprint density at radius 1 is 1.33 bits per heavy atom. The molecule has 0 saturated carbocycles. The van der Waals surface area contributed by atoms with Gasteiger partial charge in [0.05, 0.1) is 5.92 Å². The van der Waals surface area contributed by atoms with Crippen molar-refractivity contribution in [2.45, 2.75) is 17.7 Å². The lowest BCUT2D eigenvalue weighted by molar-refractivity contribution is -0.142. The summed E-state index contributed by atoms with van der Waals surface area (Å²) < 4.78 is 32.0. The Labute approximate surface area is 144 Å². The molecule has 1 fully saturated rings. The summed E-state index contributed by atoms with van der Waals surface area (Å²) in [5.41, 5.74) is 5.01. The lowest BCUT2D eigenvalue weighted by atomic mass is 9.99. The molecule has 1 saturated heterocycles. The van der Waals surface area contributed by atoms with Gasteiger partial charge in [0.15, 0.2) is 6.61 Å². The number of nitrogens with zero attached hydrogens (tertiary/aromatic N) is 1. The molecular weight excluding hydrogens is 360 g/mol. The van der Waals surface area contributed by atoms with Crippen molar-refractivity contribution in [3.05, 3.63) is 23.2 Å². The number of carbonyl (C=O) groups excluding carboxylic acids is 1. The molecule has 1 aromatic rings. The van der Waals surface area contributed by atoms with Crippen LogP contribution in [0.4, 0.5) is 0 Å². The van der Waals surface area contributed by atoms with Crippen LogP contribution in [0, 0.1) is 5.92 Å². The number of carbonyl (C=O) groups is 2. The van der Waals surface area contributed by atoms with Gasteiger partial charge in [-0.25, -0.2) is 8.42 Å². The molecule has 0 atom stereocenters. The van der Waals surface area contributed by atoms with Crippen LogP contribution in [-0.2, 0) is 19.6 Å². The Balaban J connectivity index is 2.27. The lowest BCUT2D eigenvalue weighted by Crippen LogP contribution is -2.40. The van der Waals surface area contributed by atoms with Gasteiger partial charge in [0, 0.05) is 18.1 Å². The van der Waals surface area contributed by atoms with Crippen LogP contribution in [0.5, 0.6) is 5.75 Å². The number of piperidine rings is 1. The van der Waals surface area contributed by atoms with Crippen LogP contribution in [0.15, 0.2) is 23.1 Å². The molecule has 0 unspecified atom stereocenters. The number of carboxylic acid groups (broad SMARTS) is 1. The molecule has 1 aliphatic heterocycles. The molecule has 1 aliphatic rings. The molecule has 0 aromatic heterocycles. The molecule has 2 rings (SSSR count). The molecule has 1 amide bonds. The quantitative estimate of drug-likeness (QED) is 0.751. The van der Waals surface area contributed by atoms with Gasteiger partial charge in [-0.1, -0.05) is 11.6 Å². The first kappa shape index (κ1) is 18.5. The molecule has 1 heterocycles. The number of carboxylic acids is 1. The summed E-state index contributed by atoms with van der Waals surface area (Å²) in [5.74, 6) is -2.25. The van der Waals surface area contributed by atoms with Gasteiger partial charge in [-0.2, -0.15) is 4.31 Å². The number of benzene rings is 1. The van der Waals surface area contributed by atoms with Crippen molar-refractivity contribution >= 4 is 33.5 Å². The van der Waals surface area contributed by atoms with Crippen LogP contribution in [0.3, 0.4) is 0 Å². The summed E-state index contributed by atoms with van der Waals surface area (Å²) in [6.45, 7) is -0.298. The lowest BCUT2D eigenvalue weighted by Gasteiger charge is -2.29. The third-order valence-corrected chi connectivity index (χ3v) is 5.85. The highest BCUT2D eigenvalue weighted by Gasteiger charge is 2.33. The van der Waals surface area contributed by atoms with Crippen molar-refractivity contribution in [2.24, 2.45) is 11.7 Å². The van der Waals surface area contributed by atoms with Crippen molar-refractivity contribution in [3.63, 3.8) is 0 Å². The van der Waals surface area contributed by atoms with E-state index in [-0.39, 0.29) is 41.6 Å². The molecular formula is C14H17ClN2O6S. The number of rotatable bonds is 6.